The maximum absolute atomic E-state index is 13.3. The monoisotopic (exact) mass is 487 g/mol. The second-order valence-electron chi connectivity index (χ2n) is 8.77. The summed E-state index contributed by atoms with van der Waals surface area (Å²) in [6.45, 7) is 8.02. The average Bonchev–Trinajstić information content (AvgIpc) is 3.59. The van der Waals surface area contributed by atoms with Gasteiger partial charge in [-0.3, -0.25) is 9.59 Å². The molecule has 0 bridgehead atoms. The van der Waals surface area contributed by atoms with Gasteiger partial charge in [-0.2, -0.15) is 0 Å². The summed E-state index contributed by atoms with van der Waals surface area (Å²) in [7, 11) is 0. The molecule has 1 amide bonds. The molecule has 1 N–H and O–H groups in total. The topological polar surface area (TPSA) is 72.5 Å². The number of rotatable bonds is 4. The molecule has 34 heavy (non-hydrogen) atoms. The van der Waals surface area contributed by atoms with Crippen LogP contribution in [-0.2, 0) is 9.59 Å². The van der Waals surface area contributed by atoms with Crippen LogP contribution >= 0.6 is 22.7 Å². The Morgan fingerprint density at radius 1 is 0.765 bits per heavy atom. The van der Waals surface area contributed by atoms with Crippen molar-refractivity contribution in [1.29, 1.82) is 0 Å². The predicted octanol–water partition coefficient (Wildman–Crippen LogP) is 6.83. The molecule has 0 fully saturated rings. The third-order valence-electron chi connectivity index (χ3n) is 6.39. The first-order chi connectivity index (χ1) is 16.3. The molecule has 0 saturated heterocycles. The molecule has 6 rings (SSSR count). The molecule has 2 aliphatic rings. The number of hydrogen-bond donors (Lipinski definition) is 1. The number of aryl methyl sites for hydroxylation is 4. The van der Waals surface area contributed by atoms with Crippen molar-refractivity contribution >= 4 is 45.6 Å². The van der Waals surface area contributed by atoms with Gasteiger partial charge in [-0.1, -0.05) is 0 Å². The summed E-state index contributed by atoms with van der Waals surface area (Å²) in [6.07, 6.45) is 3.59. The highest BCUT2D eigenvalue weighted by Gasteiger charge is 2.42. The van der Waals surface area contributed by atoms with Gasteiger partial charge in [0.2, 0.25) is 0 Å². The lowest BCUT2D eigenvalue weighted by Crippen LogP contribution is -2.16. The van der Waals surface area contributed by atoms with Crippen LogP contribution in [0.15, 0.2) is 56.8 Å². The molecule has 0 aromatic carbocycles. The Bertz CT molecular complexity index is 1470. The summed E-state index contributed by atoms with van der Waals surface area (Å²) in [4.78, 5) is 30.3. The largest absolute Gasteiger partial charge is 0.463 e. The first kappa shape index (κ1) is 21.1. The highest BCUT2D eigenvalue weighted by atomic mass is 32.1. The second kappa shape index (κ2) is 7.55. The van der Waals surface area contributed by atoms with Crippen LogP contribution in [0.3, 0.4) is 0 Å². The molecule has 7 heteroatoms. The van der Waals surface area contributed by atoms with Crippen LogP contribution in [0.25, 0.3) is 32.5 Å². The SMILES string of the molecule is Cc1ccoc1-c1cc(C)c(C2=C3C(=O)NC(c4sc(-c5occc5C)cc4C)=C3C(=O)C2)s1. The molecule has 0 atom stereocenters. The van der Waals surface area contributed by atoms with Gasteiger partial charge in [-0.15, -0.1) is 22.7 Å². The Hall–Kier alpha value is -3.42. The molecule has 1 aliphatic heterocycles. The van der Waals surface area contributed by atoms with Crippen molar-refractivity contribution in [3.63, 3.8) is 0 Å². The van der Waals surface area contributed by atoms with E-state index in [1.165, 1.54) is 11.3 Å². The summed E-state index contributed by atoms with van der Waals surface area (Å²) in [5.74, 6) is 1.42. The predicted molar refractivity (Wildman–Crippen MR) is 135 cm³/mol. The first-order valence-corrected chi connectivity index (χ1v) is 12.6. The fraction of sp³-hybridized carbons (Fsp3) is 0.185. The van der Waals surface area contributed by atoms with Crippen LogP contribution in [0.4, 0.5) is 0 Å². The number of carbonyl (C=O) groups is 2. The van der Waals surface area contributed by atoms with E-state index in [2.05, 4.69) is 17.4 Å². The molecule has 170 valence electrons. The van der Waals surface area contributed by atoms with E-state index in [0.717, 1.165) is 58.9 Å². The van der Waals surface area contributed by atoms with E-state index in [1.807, 2.05) is 39.8 Å². The molecular weight excluding hydrogens is 466 g/mol. The molecule has 1 aliphatic carbocycles. The minimum atomic E-state index is -0.210. The van der Waals surface area contributed by atoms with Gasteiger partial charge >= 0.3 is 0 Å². The smallest absolute Gasteiger partial charge is 0.256 e. The number of carbonyl (C=O) groups excluding carboxylic acids is 2. The zero-order valence-electron chi connectivity index (χ0n) is 19.1. The second-order valence-corrected chi connectivity index (χ2v) is 10.9. The zero-order valence-corrected chi connectivity index (χ0v) is 20.8. The Balaban J connectivity index is 1.48. The van der Waals surface area contributed by atoms with E-state index < -0.39 is 0 Å². The highest BCUT2D eigenvalue weighted by molar-refractivity contribution is 7.17. The van der Waals surface area contributed by atoms with Crippen LogP contribution in [0.2, 0.25) is 0 Å². The van der Waals surface area contributed by atoms with Gasteiger partial charge in [0, 0.05) is 11.3 Å². The van der Waals surface area contributed by atoms with Gasteiger partial charge in [-0.05, 0) is 79.8 Å². The van der Waals surface area contributed by atoms with Crippen molar-refractivity contribution in [1.82, 2.24) is 5.32 Å². The summed E-state index contributed by atoms with van der Waals surface area (Å²) in [6, 6.07) is 7.99. The number of amides is 1. The molecule has 0 spiro atoms. The van der Waals surface area contributed by atoms with E-state index in [-0.39, 0.29) is 18.1 Å². The van der Waals surface area contributed by atoms with Crippen LogP contribution in [0.1, 0.15) is 38.4 Å². The van der Waals surface area contributed by atoms with Gasteiger partial charge in [-0.25, -0.2) is 0 Å². The van der Waals surface area contributed by atoms with E-state index in [9.17, 15) is 9.59 Å². The van der Waals surface area contributed by atoms with Crippen molar-refractivity contribution in [3.05, 3.63) is 79.9 Å². The Morgan fingerprint density at radius 3 is 1.88 bits per heavy atom. The van der Waals surface area contributed by atoms with Crippen molar-refractivity contribution in [2.24, 2.45) is 0 Å². The van der Waals surface area contributed by atoms with E-state index >= 15 is 0 Å². The van der Waals surface area contributed by atoms with Crippen LogP contribution in [0.5, 0.6) is 0 Å². The molecule has 5 heterocycles. The lowest BCUT2D eigenvalue weighted by atomic mass is 10.0. The number of ketones is 1. The summed E-state index contributed by atoms with van der Waals surface area (Å²) in [5.41, 5.74) is 6.60. The lowest BCUT2D eigenvalue weighted by molar-refractivity contribution is -0.116. The molecule has 0 unspecified atom stereocenters. The van der Waals surface area contributed by atoms with E-state index in [4.69, 9.17) is 8.83 Å². The molecule has 0 saturated carbocycles. The number of allylic oxidation sites excluding steroid dienone is 1. The molecule has 5 nitrogen and oxygen atoms in total. The van der Waals surface area contributed by atoms with Crippen LogP contribution < -0.4 is 5.32 Å². The first-order valence-electron chi connectivity index (χ1n) is 11.0. The summed E-state index contributed by atoms with van der Waals surface area (Å²) < 4.78 is 11.3. The molecule has 0 radical (unpaired) electrons. The fourth-order valence-corrected chi connectivity index (χ4v) is 7.24. The Morgan fingerprint density at radius 2 is 1.32 bits per heavy atom. The number of thiophene rings is 2. The number of fused-ring (bicyclic) bond motifs is 1. The quantitative estimate of drug-likeness (QED) is 0.342. The standard InChI is InChI=1S/C27H21NO4S2/c1-12-5-7-31-23(12)18-9-14(3)25(33-18)16-11-17(29)21-20(16)27(30)28-22(21)26-15(4)10-19(34-26)24-13(2)6-8-32-24/h5-10H,11H2,1-4H3,(H,28,30). The zero-order chi connectivity index (χ0) is 23.7. The summed E-state index contributed by atoms with van der Waals surface area (Å²) >= 11 is 3.10. The van der Waals surface area contributed by atoms with Crippen LogP contribution in [0, 0.1) is 27.7 Å². The molecule has 4 aromatic heterocycles. The maximum atomic E-state index is 13.3. The Kier molecular flexibility index (Phi) is 4.69. The number of Topliss-reactive ketones (excluding diaryl/α,β-unsaturated/α-hetero) is 1. The van der Waals surface area contributed by atoms with E-state index in [1.54, 1.807) is 23.9 Å². The molecule has 4 aromatic rings. The third-order valence-corrected chi connectivity index (χ3v) is 8.94. The van der Waals surface area contributed by atoms with Crippen molar-refractivity contribution in [2.75, 3.05) is 0 Å². The fourth-order valence-electron chi connectivity index (χ4n) is 4.73. The van der Waals surface area contributed by atoms with Gasteiger partial charge in [0.1, 0.15) is 11.5 Å². The van der Waals surface area contributed by atoms with Gasteiger partial charge in [0.15, 0.2) is 5.78 Å². The third kappa shape index (κ3) is 3.04. The maximum Gasteiger partial charge on any atom is 0.256 e. The lowest BCUT2D eigenvalue weighted by Gasteiger charge is -2.04. The average molecular weight is 488 g/mol. The highest BCUT2D eigenvalue weighted by Crippen LogP contribution is 2.48. The van der Waals surface area contributed by atoms with Crippen LogP contribution in [-0.4, -0.2) is 11.7 Å². The number of furan rings is 2. The summed E-state index contributed by atoms with van der Waals surface area (Å²) in [5, 5.41) is 3.01. The Labute approximate surface area is 204 Å². The normalized spacial score (nSPS) is 15.6. The molecular formula is C27H21NO4S2. The van der Waals surface area contributed by atoms with Crippen molar-refractivity contribution < 1.29 is 18.4 Å². The minimum absolute atomic E-state index is 0.0228. The number of hydrogen-bond acceptors (Lipinski definition) is 6. The number of nitrogens with one attached hydrogen (secondary N) is 1. The van der Waals surface area contributed by atoms with Gasteiger partial charge in [0.05, 0.1) is 44.0 Å². The minimum Gasteiger partial charge on any atom is -0.463 e. The van der Waals surface area contributed by atoms with Gasteiger partial charge in [0.25, 0.3) is 5.91 Å². The van der Waals surface area contributed by atoms with Crippen molar-refractivity contribution in [2.45, 2.75) is 34.1 Å². The van der Waals surface area contributed by atoms with E-state index in [0.29, 0.717) is 16.8 Å². The van der Waals surface area contributed by atoms with Crippen molar-refractivity contribution in [3.8, 4) is 21.3 Å². The van der Waals surface area contributed by atoms with Gasteiger partial charge < -0.3 is 14.2 Å².